The Morgan fingerprint density at radius 3 is 2.76 bits per heavy atom. The lowest BCUT2D eigenvalue weighted by atomic mass is 10.2. The van der Waals surface area contributed by atoms with Crippen LogP contribution in [0.5, 0.6) is 0 Å². The van der Waals surface area contributed by atoms with Gasteiger partial charge in [0.05, 0.1) is 5.69 Å². The predicted octanol–water partition coefficient (Wildman–Crippen LogP) is 3.02. The molecule has 0 atom stereocenters. The summed E-state index contributed by atoms with van der Waals surface area (Å²) in [6.07, 6.45) is 4.70. The van der Waals surface area contributed by atoms with E-state index in [1.54, 1.807) is 23.0 Å². The average molecular weight is 226 g/mol. The summed E-state index contributed by atoms with van der Waals surface area (Å²) in [7, 11) is 0. The number of hydrogen-bond acceptors (Lipinski definition) is 2. The third kappa shape index (κ3) is 2.69. The Hall–Kier alpha value is -2.16. The molecular formula is C14H14N2O. The van der Waals surface area contributed by atoms with Crippen molar-refractivity contribution in [3.05, 3.63) is 60.9 Å². The molecular weight excluding hydrogens is 212 g/mol. The summed E-state index contributed by atoms with van der Waals surface area (Å²) in [5, 5.41) is 4.27. The van der Waals surface area contributed by atoms with Crippen molar-refractivity contribution in [1.82, 2.24) is 9.78 Å². The molecule has 1 aromatic heterocycles. The van der Waals surface area contributed by atoms with Crippen LogP contribution in [0.15, 0.2) is 55.3 Å². The Bertz CT molecular complexity index is 514. The lowest BCUT2D eigenvalue weighted by Gasteiger charge is -1.99. The van der Waals surface area contributed by atoms with Crippen LogP contribution in [0.1, 0.15) is 23.3 Å². The van der Waals surface area contributed by atoms with Gasteiger partial charge < -0.3 is 0 Å². The lowest BCUT2D eigenvalue weighted by molar-refractivity contribution is 0.0978. The zero-order chi connectivity index (χ0) is 12.1. The normalized spacial score (nSPS) is 10.1. The summed E-state index contributed by atoms with van der Waals surface area (Å²) >= 11 is 0. The summed E-state index contributed by atoms with van der Waals surface area (Å²) in [6.45, 7) is 3.60. The molecule has 86 valence electrons. The summed E-state index contributed by atoms with van der Waals surface area (Å²) in [4.78, 5) is 11.7. The van der Waals surface area contributed by atoms with Gasteiger partial charge in [-0.25, -0.2) is 4.68 Å². The van der Waals surface area contributed by atoms with Crippen LogP contribution in [0.3, 0.4) is 0 Å². The second-order valence-corrected chi connectivity index (χ2v) is 3.73. The van der Waals surface area contributed by atoms with E-state index >= 15 is 0 Å². The summed E-state index contributed by atoms with van der Waals surface area (Å²) < 4.78 is 1.71. The lowest BCUT2D eigenvalue weighted by Crippen LogP contribution is -2.01. The monoisotopic (exact) mass is 226 g/mol. The first kappa shape index (κ1) is 11.3. The quantitative estimate of drug-likeness (QED) is 0.580. The van der Waals surface area contributed by atoms with E-state index < -0.39 is 0 Å². The molecule has 0 radical (unpaired) electrons. The van der Waals surface area contributed by atoms with E-state index in [2.05, 4.69) is 11.7 Å². The number of carbonyl (C=O) groups excluding carboxylic acids is 1. The number of benzene rings is 1. The molecule has 0 N–H and O–H groups in total. The Kier molecular flexibility index (Phi) is 3.50. The molecule has 0 aliphatic rings. The maximum atomic E-state index is 11.7. The Labute approximate surface area is 100 Å². The van der Waals surface area contributed by atoms with Crippen LogP contribution in [-0.4, -0.2) is 15.6 Å². The molecule has 3 nitrogen and oxygen atoms in total. The van der Waals surface area contributed by atoms with Gasteiger partial charge in [0, 0.05) is 12.6 Å². The van der Waals surface area contributed by atoms with Gasteiger partial charge in [-0.1, -0.05) is 24.3 Å². The number of aromatic nitrogens is 2. The van der Waals surface area contributed by atoms with E-state index in [0.29, 0.717) is 18.5 Å². The number of rotatable bonds is 5. The number of ketones is 1. The van der Waals surface area contributed by atoms with E-state index in [1.807, 2.05) is 30.3 Å². The molecule has 1 heterocycles. The van der Waals surface area contributed by atoms with Crippen LogP contribution in [0, 0.1) is 0 Å². The summed E-state index contributed by atoms with van der Waals surface area (Å²) in [5.74, 6) is 0.0552. The minimum absolute atomic E-state index is 0.0552. The maximum absolute atomic E-state index is 11.7. The Balaban J connectivity index is 2.16. The fraction of sp³-hybridized carbons (Fsp3) is 0.143. The van der Waals surface area contributed by atoms with Gasteiger partial charge in [-0.2, -0.15) is 5.10 Å². The van der Waals surface area contributed by atoms with Gasteiger partial charge in [0.25, 0.3) is 0 Å². The SMILES string of the molecule is C=CCCC(=O)c1ccn(-c2ccccc2)n1. The van der Waals surface area contributed by atoms with Crippen LogP contribution in [-0.2, 0) is 0 Å². The molecule has 0 bridgehead atoms. The third-order valence-electron chi connectivity index (χ3n) is 2.47. The first-order chi connectivity index (χ1) is 8.31. The molecule has 1 aromatic carbocycles. The first-order valence-electron chi connectivity index (χ1n) is 5.56. The number of allylic oxidation sites excluding steroid dienone is 1. The first-order valence-corrected chi connectivity index (χ1v) is 5.56. The van der Waals surface area contributed by atoms with E-state index in [9.17, 15) is 4.79 Å². The van der Waals surface area contributed by atoms with E-state index in [0.717, 1.165) is 5.69 Å². The average Bonchev–Trinajstić information content (AvgIpc) is 2.86. The number of Topliss-reactive ketones (excluding diaryl/α,β-unsaturated/α-hetero) is 1. The van der Waals surface area contributed by atoms with Crippen molar-refractivity contribution >= 4 is 5.78 Å². The van der Waals surface area contributed by atoms with Crippen LogP contribution >= 0.6 is 0 Å². The largest absolute Gasteiger partial charge is 0.292 e. The third-order valence-corrected chi connectivity index (χ3v) is 2.47. The van der Waals surface area contributed by atoms with Crippen molar-refractivity contribution in [3.8, 4) is 5.69 Å². The number of nitrogens with zero attached hydrogens (tertiary/aromatic N) is 2. The van der Waals surface area contributed by atoms with Crippen LogP contribution in [0.2, 0.25) is 0 Å². The summed E-state index contributed by atoms with van der Waals surface area (Å²) in [6, 6.07) is 11.5. The van der Waals surface area contributed by atoms with Gasteiger partial charge in [-0.3, -0.25) is 4.79 Å². The second kappa shape index (κ2) is 5.25. The van der Waals surface area contributed by atoms with Gasteiger partial charge >= 0.3 is 0 Å². The molecule has 2 rings (SSSR count). The van der Waals surface area contributed by atoms with E-state index in [-0.39, 0.29) is 5.78 Å². The molecule has 17 heavy (non-hydrogen) atoms. The minimum Gasteiger partial charge on any atom is -0.292 e. The highest BCUT2D eigenvalue weighted by Gasteiger charge is 2.08. The van der Waals surface area contributed by atoms with Gasteiger partial charge in [-0.05, 0) is 24.6 Å². The smallest absolute Gasteiger partial charge is 0.183 e. The summed E-state index contributed by atoms with van der Waals surface area (Å²) in [5.41, 5.74) is 1.46. The zero-order valence-corrected chi connectivity index (χ0v) is 9.54. The molecule has 0 saturated carbocycles. The van der Waals surface area contributed by atoms with Crippen molar-refractivity contribution in [1.29, 1.82) is 0 Å². The fourth-order valence-electron chi connectivity index (χ4n) is 1.56. The van der Waals surface area contributed by atoms with Gasteiger partial charge in [-0.15, -0.1) is 6.58 Å². The standard InChI is InChI=1S/C14H14N2O/c1-2-3-9-14(17)13-10-11-16(15-13)12-7-5-4-6-8-12/h2,4-8,10-11H,1,3,9H2. The highest BCUT2D eigenvalue weighted by atomic mass is 16.1. The molecule has 0 saturated heterocycles. The molecule has 0 aliphatic carbocycles. The minimum atomic E-state index is 0.0552. The van der Waals surface area contributed by atoms with E-state index in [4.69, 9.17) is 0 Å². The van der Waals surface area contributed by atoms with Crippen molar-refractivity contribution in [2.45, 2.75) is 12.8 Å². The highest BCUT2D eigenvalue weighted by Crippen LogP contribution is 2.09. The van der Waals surface area contributed by atoms with Gasteiger partial charge in [0.2, 0.25) is 0 Å². The molecule has 3 heteroatoms. The molecule has 0 spiro atoms. The molecule has 0 amide bonds. The second-order valence-electron chi connectivity index (χ2n) is 3.73. The predicted molar refractivity (Wildman–Crippen MR) is 67.3 cm³/mol. The fourth-order valence-corrected chi connectivity index (χ4v) is 1.56. The van der Waals surface area contributed by atoms with Crippen LogP contribution < -0.4 is 0 Å². The number of hydrogen-bond donors (Lipinski definition) is 0. The number of carbonyl (C=O) groups is 1. The molecule has 0 unspecified atom stereocenters. The highest BCUT2D eigenvalue weighted by molar-refractivity contribution is 5.94. The number of para-hydroxylation sites is 1. The van der Waals surface area contributed by atoms with Crippen LogP contribution in [0.4, 0.5) is 0 Å². The Morgan fingerprint density at radius 1 is 1.29 bits per heavy atom. The van der Waals surface area contributed by atoms with Gasteiger partial charge in [0.15, 0.2) is 5.78 Å². The van der Waals surface area contributed by atoms with Crippen LogP contribution in [0.25, 0.3) is 5.69 Å². The topological polar surface area (TPSA) is 34.9 Å². The van der Waals surface area contributed by atoms with Crippen molar-refractivity contribution in [2.75, 3.05) is 0 Å². The molecule has 2 aromatic rings. The Morgan fingerprint density at radius 2 is 2.06 bits per heavy atom. The molecule has 0 aliphatic heterocycles. The van der Waals surface area contributed by atoms with E-state index in [1.165, 1.54) is 0 Å². The van der Waals surface area contributed by atoms with Gasteiger partial charge in [0.1, 0.15) is 5.69 Å². The zero-order valence-electron chi connectivity index (χ0n) is 9.54. The maximum Gasteiger partial charge on any atom is 0.183 e. The molecule has 0 fully saturated rings. The van der Waals surface area contributed by atoms with Crippen molar-refractivity contribution in [2.24, 2.45) is 0 Å². The van der Waals surface area contributed by atoms with Crippen molar-refractivity contribution in [3.63, 3.8) is 0 Å². The van der Waals surface area contributed by atoms with Crippen molar-refractivity contribution < 1.29 is 4.79 Å².